The molecule has 1 heterocycles. The second-order valence-corrected chi connectivity index (χ2v) is 6.97. The average Bonchev–Trinajstić information content (AvgIpc) is 2.96. The summed E-state index contributed by atoms with van der Waals surface area (Å²) in [4.78, 5) is 28.8. The van der Waals surface area contributed by atoms with E-state index in [9.17, 15) is 9.59 Å². The quantitative estimate of drug-likeness (QED) is 0.848. The lowest BCUT2D eigenvalue weighted by Crippen LogP contribution is -2.28. The zero-order chi connectivity index (χ0) is 18.5. The van der Waals surface area contributed by atoms with Crippen molar-refractivity contribution in [3.8, 4) is 5.75 Å². The molecule has 26 heavy (non-hydrogen) atoms. The molecule has 0 saturated carbocycles. The molecule has 7 heteroatoms. The molecule has 0 aliphatic carbocycles. The van der Waals surface area contributed by atoms with Gasteiger partial charge in [-0.2, -0.15) is 0 Å². The molecule has 1 saturated heterocycles. The minimum Gasteiger partial charge on any atom is -0.497 e. The van der Waals surface area contributed by atoms with Gasteiger partial charge in [0.15, 0.2) is 5.17 Å². The predicted molar refractivity (Wildman–Crippen MR) is 104 cm³/mol. The Bertz CT molecular complexity index is 867. The van der Waals surface area contributed by atoms with Gasteiger partial charge in [-0.05, 0) is 30.7 Å². The Labute approximate surface area is 156 Å². The molecule has 2 N–H and O–H groups in total. The van der Waals surface area contributed by atoms with Crippen LogP contribution in [-0.2, 0) is 9.59 Å². The fraction of sp³-hybridized carbons (Fsp3) is 0.211. The van der Waals surface area contributed by atoms with Crippen LogP contribution in [0.5, 0.6) is 5.75 Å². The average molecular weight is 369 g/mol. The summed E-state index contributed by atoms with van der Waals surface area (Å²) in [6.45, 7) is 1.92. The first kappa shape index (κ1) is 18.0. The third kappa shape index (κ3) is 4.43. The maximum absolute atomic E-state index is 12.3. The number of amides is 2. The van der Waals surface area contributed by atoms with Crippen LogP contribution in [0.25, 0.3) is 0 Å². The Morgan fingerprint density at radius 3 is 2.85 bits per heavy atom. The van der Waals surface area contributed by atoms with Gasteiger partial charge in [0.25, 0.3) is 0 Å². The van der Waals surface area contributed by atoms with Crippen LogP contribution in [0.4, 0.5) is 11.4 Å². The van der Waals surface area contributed by atoms with Crippen LogP contribution in [0.3, 0.4) is 0 Å². The number of nitrogens with one attached hydrogen (secondary N) is 2. The Balaban J connectivity index is 1.63. The summed E-state index contributed by atoms with van der Waals surface area (Å²) in [6.07, 6.45) is 0.0853. The standard InChI is InChI=1S/C19H19N3O3S/c1-12-6-3-4-9-15(12)21-17(23)11-16-18(24)22-19(26-16)20-13-7-5-8-14(10-13)25-2/h3-10,16H,11H2,1-2H3,(H,21,23)(H,20,22,24)/t16-/m0/s1. The van der Waals surface area contributed by atoms with E-state index in [2.05, 4.69) is 15.6 Å². The van der Waals surface area contributed by atoms with Gasteiger partial charge in [-0.3, -0.25) is 9.59 Å². The number of ether oxygens (including phenoxy) is 1. The van der Waals surface area contributed by atoms with E-state index < -0.39 is 5.25 Å². The molecule has 3 rings (SSSR count). The normalized spacial score (nSPS) is 17.8. The second kappa shape index (κ2) is 8.05. The number of rotatable bonds is 5. The van der Waals surface area contributed by atoms with Crippen molar-refractivity contribution in [1.82, 2.24) is 5.32 Å². The molecular formula is C19H19N3O3S. The van der Waals surface area contributed by atoms with Gasteiger partial charge in [-0.25, -0.2) is 4.99 Å². The van der Waals surface area contributed by atoms with Gasteiger partial charge in [0.05, 0.1) is 12.8 Å². The van der Waals surface area contributed by atoms with Crippen molar-refractivity contribution >= 4 is 40.1 Å². The van der Waals surface area contributed by atoms with Crippen LogP contribution >= 0.6 is 11.8 Å². The topological polar surface area (TPSA) is 79.8 Å². The van der Waals surface area contributed by atoms with E-state index in [0.717, 1.165) is 11.3 Å². The molecule has 2 amide bonds. The predicted octanol–water partition coefficient (Wildman–Crippen LogP) is 3.25. The largest absolute Gasteiger partial charge is 0.497 e. The van der Waals surface area contributed by atoms with Gasteiger partial charge in [-0.1, -0.05) is 36.0 Å². The maximum Gasteiger partial charge on any atom is 0.240 e. The smallest absolute Gasteiger partial charge is 0.240 e. The monoisotopic (exact) mass is 369 g/mol. The van der Waals surface area contributed by atoms with Gasteiger partial charge in [0.1, 0.15) is 11.0 Å². The molecule has 0 aromatic heterocycles. The Morgan fingerprint density at radius 2 is 2.08 bits per heavy atom. The van der Waals surface area contributed by atoms with Crippen molar-refractivity contribution in [3.63, 3.8) is 0 Å². The first-order valence-corrected chi connectivity index (χ1v) is 8.99. The molecule has 1 aliphatic heterocycles. The molecule has 6 nitrogen and oxygen atoms in total. The molecule has 0 spiro atoms. The number of benzene rings is 2. The highest BCUT2D eigenvalue weighted by atomic mass is 32.2. The number of amidine groups is 1. The van der Waals surface area contributed by atoms with Gasteiger partial charge < -0.3 is 15.4 Å². The summed E-state index contributed by atoms with van der Waals surface area (Å²) in [6, 6.07) is 14.8. The summed E-state index contributed by atoms with van der Waals surface area (Å²) < 4.78 is 5.16. The van der Waals surface area contributed by atoms with E-state index in [1.165, 1.54) is 11.8 Å². The second-order valence-electron chi connectivity index (χ2n) is 5.78. The van der Waals surface area contributed by atoms with Crippen molar-refractivity contribution in [2.45, 2.75) is 18.6 Å². The highest BCUT2D eigenvalue weighted by Crippen LogP contribution is 2.27. The third-order valence-corrected chi connectivity index (χ3v) is 4.93. The lowest BCUT2D eigenvalue weighted by Gasteiger charge is -2.09. The van der Waals surface area contributed by atoms with E-state index in [4.69, 9.17) is 4.74 Å². The van der Waals surface area contributed by atoms with Crippen molar-refractivity contribution in [2.75, 3.05) is 12.4 Å². The lowest BCUT2D eigenvalue weighted by atomic mass is 10.2. The molecule has 0 radical (unpaired) electrons. The van der Waals surface area contributed by atoms with E-state index in [1.807, 2.05) is 49.4 Å². The van der Waals surface area contributed by atoms with Gasteiger partial charge in [0.2, 0.25) is 11.8 Å². The zero-order valence-corrected chi connectivity index (χ0v) is 15.3. The highest BCUT2D eigenvalue weighted by Gasteiger charge is 2.32. The molecule has 2 aromatic carbocycles. The minimum atomic E-state index is -0.497. The number of hydrogen-bond donors (Lipinski definition) is 2. The molecule has 2 aromatic rings. The fourth-order valence-corrected chi connectivity index (χ4v) is 3.46. The molecule has 1 aliphatic rings. The number of aliphatic imine (C=N–C) groups is 1. The van der Waals surface area contributed by atoms with Crippen molar-refractivity contribution < 1.29 is 14.3 Å². The number of aryl methyl sites for hydroxylation is 1. The summed E-state index contributed by atoms with van der Waals surface area (Å²) in [7, 11) is 1.58. The van der Waals surface area contributed by atoms with Crippen LogP contribution in [0, 0.1) is 6.92 Å². The number of hydrogen-bond acceptors (Lipinski definition) is 5. The number of carbonyl (C=O) groups is 2. The van der Waals surface area contributed by atoms with E-state index in [0.29, 0.717) is 16.6 Å². The summed E-state index contributed by atoms with van der Waals surface area (Å²) in [5, 5.41) is 5.56. The third-order valence-electron chi connectivity index (χ3n) is 3.85. The number of methoxy groups -OCH3 is 1. The molecule has 0 unspecified atom stereocenters. The number of para-hydroxylation sites is 1. The summed E-state index contributed by atoms with van der Waals surface area (Å²) >= 11 is 1.26. The lowest BCUT2D eigenvalue weighted by molar-refractivity contribution is -0.122. The Morgan fingerprint density at radius 1 is 1.27 bits per heavy atom. The van der Waals surface area contributed by atoms with E-state index in [-0.39, 0.29) is 18.2 Å². The first-order valence-electron chi connectivity index (χ1n) is 8.11. The van der Waals surface area contributed by atoms with E-state index in [1.54, 1.807) is 13.2 Å². The van der Waals surface area contributed by atoms with Crippen LogP contribution in [-0.4, -0.2) is 29.3 Å². The SMILES string of the molecule is COc1cccc(N=C2NC(=O)[C@H](CC(=O)Nc3ccccc3C)S2)c1. The van der Waals surface area contributed by atoms with Crippen LogP contribution in [0.2, 0.25) is 0 Å². The zero-order valence-electron chi connectivity index (χ0n) is 14.5. The number of anilines is 1. The molecule has 0 bridgehead atoms. The molecular weight excluding hydrogens is 350 g/mol. The maximum atomic E-state index is 12.3. The van der Waals surface area contributed by atoms with Crippen LogP contribution < -0.4 is 15.4 Å². The number of nitrogens with zero attached hydrogens (tertiary/aromatic N) is 1. The molecule has 134 valence electrons. The van der Waals surface area contributed by atoms with Gasteiger partial charge in [0, 0.05) is 18.2 Å². The van der Waals surface area contributed by atoms with Crippen molar-refractivity contribution in [2.24, 2.45) is 4.99 Å². The van der Waals surface area contributed by atoms with Crippen LogP contribution in [0.1, 0.15) is 12.0 Å². The van der Waals surface area contributed by atoms with Gasteiger partial charge >= 0.3 is 0 Å². The molecule has 1 fully saturated rings. The number of thioether (sulfide) groups is 1. The summed E-state index contributed by atoms with van der Waals surface area (Å²) in [5.41, 5.74) is 2.41. The minimum absolute atomic E-state index is 0.0853. The summed E-state index contributed by atoms with van der Waals surface area (Å²) in [5.74, 6) is 0.279. The highest BCUT2D eigenvalue weighted by molar-refractivity contribution is 8.15. The Hall–Kier alpha value is -2.80. The molecule has 1 atom stereocenters. The van der Waals surface area contributed by atoms with Crippen molar-refractivity contribution in [3.05, 3.63) is 54.1 Å². The van der Waals surface area contributed by atoms with Gasteiger partial charge in [-0.15, -0.1) is 0 Å². The Kier molecular flexibility index (Phi) is 5.58. The van der Waals surface area contributed by atoms with Crippen molar-refractivity contribution in [1.29, 1.82) is 0 Å². The number of carbonyl (C=O) groups excluding carboxylic acids is 2. The first-order chi connectivity index (χ1) is 12.5. The van der Waals surface area contributed by atoms with E-state index >= 15 is 0 Å². The van der Waals surface area contributed by atoms with Crippen LogP contribution in [0.15, 0.2) is 53.5 Å². The fourth-order valence-electron chi connectivity index (χ4n) is 2.47.